The van der Waals surface area contributed by atoms with Gasteiger partial charge >= 0.3 is 11.3 Å². The summed E-state index contributed by atoms with van der Waals surface area (Å²) in [5, 5.41) is -0.461. The molecule has 0 amide bonds. The van der Waals surface area contributed by atoms with Crippen LogP contribution in [0.4, 0.5) is 4.79 Å². The van der Waals surface area contributed by atoms with Crippen molar-refractivity contribution < 1.29 is 23.8 Å². The smallest absolute Gasteiger partial charge is 0.370 e. The lowest BCUT2D eigenvalue weighted by Gasteiger charge is -2.20. The summed E-state index contributed by atoms with van der Waals surface area (Å²) in [6.45, 7) is 5.36. The number of rotatable bonds is 6. The third-order valence-corrected chi connectivity index (χ3v) is 2.25. The van der Waals surface area contributed by atoms with Crippen LogP contribution in [-0.2, 0) is 19.0 Å². The number of methoxy groups -OCH3 is 1. The molecule has 1 unspecified atom stereocenters. The van der Waals surface area contributed by atoms with Gasteiger partial charge in [-0.05, 0) is 11.8 Å². The van der Waals surface area contributed by atoms with Crippen molar-refractivity contribution in [3.8, 4) is 0 Å². The molecule has 0 saturated carbocycles. The van der Waals surface area contributed by atoms with E-state index in [9.17, 15) is 9.59 Å². The Kier molecular flexibility index (Phi) is 8.01. The SMILES string of the molecule is COCCSC(=O)OC(OC(C)=O)C(C)C. The highest BCUT2D eigenvalue weighted by Crippen LogP contribution is 2.14. The summed E-state index contributed by atoms with van der Waals surface area (Å²) < 4.78 is 14.7. The first-order valence-corrected chi connectivity index (χ1v) is 5.95. The number of ether oxygens (including phenoxy) is 3. The third-order valence-electron chi connectivity index (χ3n) is 1.55. The van der Waals surface area contributed by atoms with Crippen molar-refractivity contribution in [3.63, 3.8) is 0 Å². The number of carbonyl (C=O) groups is 2. The van der Waals surface area contributed by atoms with Crippen molar-refractivity contribution in [3.05, 3.63) is 0 Å². The maximum absolute atomic E-state index is 11.3. The summed E-state index contributed by atoms with van der Waals surface area (Å²) in [7, 11) is 1.56. The van der Waals surface area contributed by atoms with Crippen LogP contribution in [0.2, 0.25) is 0 Å². The molecular formula is C10H18O5S. The van der Waals surface area contributed by atoms with Gasteiger partial charge in [-0.3, -0.25) is 4.79 Å². The topological polar surface area (TPSA) is 61.8 Å². The average Bonchev–Trinajstić information content (AvgIpc) is 2.16. The van der Waals surface area contributed by atoms with Crippen molar-refractivity contribution in [2.45, 2.75) is 27.1 Å². The minimum Gasteiger partial charge on any atom is -0.425 e. The van der Waals surface area contributed by atoms with Crippen molar-refractivity contribution >= 4 is 23.0 Å². The van der Waals surface area contributed by atoms with Gasteiger partial charge in [0, 0.05) is 25.7 Å². The van der Waals surface area contributed by atoms with E-state index in [0.717, 1.165) is 11.8 Å². The average molecular weight is 250 g/mol. The van der Waals surface area contributed by atoms with Gasteiger partial charge in [0.05, 0.1) is 6.61 Å². The van der Waals surface area contributed by atoms with E-state index in [1.54, 1.807) is 21.0 Å². The molecule has 0 fully saturated rings. The summed E-state index contributed by atoms with van der Waals surface area (Å²) in [6.07, 6.45) is -0.819. The molecule has 0 aromatic rings. The van der Waals surface area contributed by atoms with Gasteiger partial charge in [0.15, 0.2) is 0 Å². The minimum atomic E-state index is -0.819. The Morgan fingerprint density at radius 2 is 1.88 bits per heavy atom. The van der Waals surface area contributed by atoms with Gasteiger partial charge in [-0.15, -0.1) is 0 Å². The molecule has 0 rings (SSSR count). The van der Waals surface area contributed by atoms with E-state index < -0.39 is 17.6 Å². The van der Waals surface area contributed by atoms with Gasteiger partial charge in [-0.2, -0.15) is 0 Å². The van der Waals surface area contributed by atoms with Crippen LogP contribution in [0.5, 0.6) is 0 Å². The molecule has 94 valence electrons. The van der Waals surface area contributed by atoms with Crippen LogP contribution in [0.3, 0.4) is 0 Å². The summed E-state index contributed by atoms with van der Waals surface area (Å²) in [4.78, 5) is 22.1. The first-order valence-electron chi connectivity index (χ1n) is 4.97. The van der Waals surface area contributed by atoms with Crippen LogP contribution in [0.1, 0.15) is 20.8 Å². The molecule has 0 aliphatic rings. The number of esters is 1. The first kappa shape index (κ1) is 15.2. The quantitative estimate of drug-likeness (QED) is 0.408. The van der Waals surface area contributed by atoms with Crippen LogP contribution in [0.25, 0.3) is 0 Å². The second kappa shape index (κ2) is 8.41. The van der Waals surface area contributed by atoms with Gasteiger partial charge in [0.2, 0.25) is 0 Å². The Morgan fingerprint density at radius 1 is 1.25 bits per heavy atom. The number of thioether (sulfide) groups is 1. The largest absolute Gasteiger partial charge is 0.425 e. The predicted octanol–water partition coefficient (Wildman–Crippen LogP) is 2.05. The highest BCUT2D eigenvalue weighted by molar-refractivity contribution is 8.13. The van der Waals surface area contributed by atoms with Crippen molar-refractivity contribution in [1.29, 1.82) is 0 Å². The van der Waals surface area contributed by atoms with Gasteiger partial charge in [0.1, 0.15) is 0 Å². The summed E-state index contributed by atoms with van der Waals surface area (Å²) in [5.74, 6) is -0.0236. The standard InChI is InChI=1S/C10H18O5S/c1-7(2)9(14-8(3)11)15-10(12)16-6-5-13-4/h7,9H,5-6H2,1-4H3. The molecule has 6 heteroatoms. The van der Waals surface area contributed by atoms with E-state index >= 15 is 0 Å². The molecule has 1 atom stereocenters. The van der Waals surface area contributed by atoms with E-state index in [0.29, 0.717) is 12.4 Å². The summed E-state index contributed by atoms with van der Waals surface area (Å²) in [5.41, 5.74) is 0. The lowest BCUT2D eigenvalue weighted by molar-refractivity contribution is -0.170. The highest BCUT2D eigenvalue weighted by atomic mass is 32.2. The van der Waals surface area contributed by atoms with Crippen LogP contribution in [0.15, 0.2) is 0 Å². The summed E-state index contributed by atoms with van der Waals surface area (Å²) in [6, 6.07) is 0. The van der Waals surface area contributed by atoms with Crippen LogP contribution in [-0.4, -0.2) is 37.0 Å². The predicted molar refractivity (Wildman–Crippen MR) is 61.2 cm³/mol. The number of carbonyl (C=O) groups excluding carboxylic acids is 2. The number of hydrogen-bond donors (Lipinski definition) is 0. The van der Waals surface area contributed by atoms with Crippen molar-refractivity contribution in [1.82, 2.24) is 0 Å². The first-order chi connectivity index (χ1) is 7.47. The molecule has 0 bridgehead atoms. The van der Waals surface area contributed by atoms with Gasteiger partial charge in [0.25, 0.3) is 6.29 Å². The lowest BCUT2D eigenvalue weighted by atomic mass is 10.2. The normalized spacial score (nSPS) is 12.3. The Bertz CT molecular complexity index is 229. The molecule has 0 spiro atoms. The Hall–Kier alpha value is -0.750. The fourth-order valence-electron chi connectivity index (χ4n) is 0.797. The van der Waals surface area contributed by atoms with E-state index in [1.807, 2.05) is 0 Å². The monoisotopic (exact) mass is 250 g/mol. The molecule has 0 aromatic carbocycles. The zero-order chi connectivity index (χ0) is 12.6. The third kappa shape index (κ3) is 7.53. The molecule has 0 aromatic heterocycles. The molecule has 0 N–H and O–H groups in total. The zero-order valence-corrected chi connectivity index (χ0v) is 10.8. The second-order valence-corrected chi connectivity index (χ2v) is 4.46. The van der Waals surface area contributed by atoms with Gasteiger partial charge in [-0.25, -0.2) is 4.79 Å². The zero-order valence-electron chi connectivity index (χ0n) is 10.0. The van der Waals surface area contributed by atoms with E-state index in [2.05, 4.69) is 0 Å². The second-order valence-electron chi connectivity index (χ2n) is 3.43. The van der Waals surface area contributed by atoms with Gasteiger partial charge in [-0.1, -0.05) is 13.8 Å². The van der Waals surface area contributed by atoms with Crippen molar-refractivity contribution in [2.75, 3.05) is 19.5 Å². The molecule has 0 radical (unpaired) electrons. The van der Waals surface area contributed by atoms with E-state index in [4.69, 9.17) is 14.2 Å². The highest BCUT2D eigenvalue weighted by Gasteiger charge is 2.21. The lowest BCUT2D eigenvalue weighted by Crippen LogP contribution is -2.27. The van der Waals surface area contributed by atoms with Crippen molar-refractivity contribution in [2.24, 2.45) is 5.92 Å². The fourth-order valence-corrected chi connectivity index (χ4v) is 1.38. The molecule has 0 aliphatic heterocycles. The van der Waals surface area contributed by atoms with Crippen LogP contribution >= 0.6 is 11.8 Å². The Labute approximate surface area is 99.8 Å². The molecule has 16 heavy (non-hydrogen) atoms. The maximum Gasteiger partial charge on any atom is 0.370 e. The molecule has 0 heterocycles. The Morgan fingerprint density at radius 3 is 2.31 bits per heavy atom. The van der Waals surface area contributed by atoms with Gasteiger partial charge < -0.3 is 14.2 Å². The minimum absolute atomic E-state index is 0.0733. The van der Waals surface area contributed by atoms with E-state index in [-0.39, 0.29) is 5.92 Å². The molecule has 0 aliphatic carbocycles. The Balaban J connectivity index is 3.98. The molecular weight excluding hydrogens is 232 g/mol. The maximum atomic E-state index is 11.3. The molecule has 0 saturated heterocycles. The number of hydrogen-bond acceptors (Lipinski definition) is 6. The summed E-state index contributed by atoms with van der Waals surface area (Å²) >= 11 is 0.996. The molecule has 5 nitrogen and oxygen atoms in total. The van der Waals surface area contributed by atoms with E-state index in [1.165, 1.54) is 6.92 Å². The van der Waals surface area contributed by atoms with Crippen LogP contribution < -0.4 is 0 Å². The van der Waals surface area contributed by atoms with Crippen LogP contribution in [0, 0.1) is 5.92 Å². The fraction of sp³-hybridized carbons (Fsp3) is 0.800.